The van der Waals surface area contributed by atoms with Crippen LogP contribution in [0.3, 0.4) is 0 Å². The van der Waals surface area contributed by atoms with Crippen molar-refractivity contribution >= 4 is 22.4 Å². The predicted octanol–water partition coefficient (Wildman–Crippen LogP) is 3.07. The number of carbonyl (C=O) groups is 1. The molecule has 3 aromatic rings. The van der Waals surface area contributed by atoms with Crippen LogP contribution < -0.4 is 5.56 Å². The lowest BCUT2D eigenvalue weighted by molar-refractivity contribution is -0.384. The molecule has 0 radical (unpaired) electrons. The van der Waals surface area contributed by atoms with Gasteiger partial charge in [0, 0.05) is 17.7 Å². The van der Waals surface area contributed by atoms with Gasteiger partial charge in [0.2, 0.25) is 0 Å². The maximum Gasteiger partial charge on any atom is 0.271 e. The summed E-state index contributed by atoms with van der Waals surface area (Å²) in [7, 11) is 0. The minimum Gasteiger partial charge on any atom is -0.292 e. The molecule has 0 fully saturated rings. The topological polar surface area (TPSA) is 95.1 Å². The quantitative estimate of drug-likeness (QED) is 0.403. The standard InChI is InChI=1S/C20H17N3O4/c24-19(15-6-5-13-3-1-2-4-14(13)9-15)11-22-12-21-18-10-16(23(26)27)7-8-17(18)20(22)25/h5-10,12H,1-4,11H2. The fourth-order valence-corrected chi connectivity index (χ4v) is 3.53. The number of fused-ring (bicyclic) bond motifs is 2. The van der Waals surface area contributed by atoms with E-state index in [1.165, 1.54) is 46.6 Å². The van der Waals surface area contributed by atoms with Crippen molar-refractivity contribution in [2.24, 2.45) is 0 Å². The van der Waals surface area contributed by atoms with E-state index in [2.05, 4.69) is 4.98 Å². The molecule has 7 nitrogen and oxygen atoms in total. The van der Waals surface area contributed by atoms with E-state index in [0.717, 1.165) is 19.3 Å². The van der Waals surface area contributed by atoms with Gasteiger partial charge in [0.05, 0.1) is 28.7 Å². The monoisotopic (exact) mass is 363 g/mol. The number of non-ortho nitro benzene ring substituents is 1. The molecule has 0 N–H and O–H groups in total. The van der Waals surface area contributed by atoms with Crippen molar-refractivity contribution in [3.05, 3.63) is 79.9 Å². The lowest BCUT2D eigenvalue weighted by atomic mass is 9.90. The summed E-state index contributed by atoms with van der Waals surface area (Å²) in [4.78, 5) is 39.7. The summed E-state index contributed by atoms with van der Waals surface area (Å²) in [6.07, 6.45) is 5.60. The van der Waals surface area contributed by atoms with E-state index < -0.39 is 4.92 Å². The zero-order valence-electron chi connectivity index (χ0n) is 14.6. The van der Waals surface area contributed by atoms with Crippen molar-refractivity contribution < 1.29 is 9.72 Å². The van der Waals surface area contributed by atoms with Crippen LogP contribution >= 0.6 is 0 Å². The zero-order chi connectivity index (χ0) is 19.0. The van der Waals surface area contributed by atoms with E-state index in [1.54, 1.807) is 0 Å². The Morgan fingerprint density at radius 3 is 2.67 bits per heavy atom. The van der Waals surface area contributed by atoms with Crippen LogP contribution in [0.1, 0.15) is 34.3 Å². The third kappa shape index (κ3) is 3.23. The molecule has 0 spiro atoms. The molecule has 1 heterocycles. The third-order valence-corrected chi connectivity index (χ3v) is 5.00. The van der Waals surface area contributed by atoms with Crippen LogP contribution in [0, 0.1) is 10.1 Å². The Morgan fingerprint density at radius 2 is 1.89 bits per heavy atom. The van der Waals surface area contributed by atoms with Crippen LogP contribution in [0.4, 0.5) is 5.69 Å². The first kappa shape index (κ1) is 17.1. The molecule has 0 atom stereocenters. The predicted molar refractivity (Wildman–Crippen MR) is 100 cm³/mol. The molecule has 0 saturated heterocycles. The van der Waals surface area contributed by atoms with Crippen molar-refractivity contribution in [3.8, 4) is 0 Å². The SMILES string of the molecule is O=C(Cn1cnc2cc([N+](=O)[O-])ccc2c1=O)c1ccc2c(c1)CCCC2. The van der Waals surface area contributed by atoms with Gasteiger partial charge in [0.1, 0.15) is 0 Å². The Morgan fingerprint density at radius 1 is 1.11 bits per heavy atom. The van der Waals surface area contributed by atoms with Gasteiger partial charge in [-0.05, 0) is 48.9 Å². The van der Waals surface area contributed by atoms with Gasteiger partial charge in [-0.3, -0.25) is 24.3 Å². The number of nitro benzene ring substituents is 1. The molecule has 0 aliphatic heterocycles. The van der Waals surface area contributed by atoms with E-state index >= 15 is 0 Å². The van der Waals surface area contributed by atoms with Crippen molar-refractivity contribution in [3.63, 3.8) is 0 Å². The number of hydrogen-bond donors (Lipinski definition) is 0. The third-order valence-electron chi connectivity index (χ3n) is 5.00. The summed E-state index contributed by atoms with van der Waals surface area (Å²) in [5.74, 6) is -0.159. The molecule has 7 heteroatoms. The van der Waals surface area contributed by atoms with Gasteiger partial charge in [0.25, 0.3) is 11.2 Å². The minimum absolute atomic E-state index is 0.114. The van der Waals surface area contributed by atoms with Gasteiger partial charge in [-0.15, -0.1) is 0 Å². The number of rotatable bonds is 4. The molecule has 0 amide bonds. The Bertz CT molecular complexity index is 1130. The lowest BCUT2D eigenvalue weighted by Gasteiger charge is -2.16. The highest BCUT2D eigenvalue weighted by Crippen LogP contribution is 2.22. The summed E-state index contributed by atoms with van der Waals surface area (Å²) < 4.78 is 1.25. The van der Waals surface area contributed by atoms with E-state index in [9.17, 15) is 19.7 Å². The summed E-state index contributed by atoms with van der Waals surface area (Å²) in [6.45, 7) is -0.114. The Balaban J connectivity index is 1.64. The van der Waals surface area contributed by atoms with Gasteiger partial charge in [0.15, 0.2) is 5.78 Å². The normalized spacial score (nSPS) is 13.3. The van der Waals surface area contributed by atoms with Gasteiger partial charge < -0.3 is 0 Å². The fourth-order valence-electron chi connectivity index (χ4n) is 3.53. The van der Waals surface area contributed by atoms with Crippen molar-refractivity contribution in [1.82, 2.24) is 9.55 Å². The van der Waals surface area contributed by atoms with Crippen molar-refractivity contribution in [2.45, 2.75) is 32.2 Å². The summed E-state index contributed by atoms with van der Waals surface area (Å²) in [5, 5.41) is 11.1. The maximum absolute atomic E-state index is 12.7. The summed E-state index contributed by atoms with van der Waals surface area (Å²) >= 11 is 0. The van der Waals surface area contributed by atoms with Crippen molar-refractivity contribution in [1.29, 1.82) is 0 Å². The Hall–Kier alpha value is -3.35. The molecule has 0 unspecified atom stereocenters. The largest absolute Gasteiger partial charge is 0.292 e. The number of aromatic nitrogens is 2. The molecule has 4 rings (SSSR count). The molecule has 1 aromatic heterocycles. The summed E-state index contributed by atoms with van der Waals surface area (Å²) in [5.41, 5.74) is 2.82. The van der Waals surface area contributed by atoms with Crippen LogP contribution in [0.5, 0.6) is 0 Å². The second-order valence-electron chi connectivity index (χ2n) is 6.75. The molecule has 136 valence electrons. The number of aryl methyl sites for hydroxylation is 2. The van der Waals surface area contributed by atoms with E-state index in [1.807, 2.05) is 18.2 Å². The van der Waals surface area contributed by atoms with Crippen LogP contribution in [0.15, 0.2) is 47.5 Å². The summed E-state index contributed by atoms with van der Waals surface area (Å²) in [6, 6.07) is 9.65. The first-order chi connectivity index (χ1) is 13.0. The average molecular weight is 363 g/mol. The average Bonchev–Trinajstić information content (AvgIpc) is 2.69. The molecule has 2 aromatic carbocycles. The van der Waals surface area contributed by atoms with Crippen LogP contribution in [-0.4, -0.2) is 20.3 Å². The number of nitro groups is 1. The van der Waals surface area contributed by atoms with Crippen LogP contribution in [0.25, 0.3) is 10.9 Å². The second kappa shape index (κ2) is 6.75. The number of carbonyl (C=O) groups excluding carboxylic acids is 1. The number of benzene rings is 2. The van der Waals surface area contributed by atoms with Gasteiger partial charge >= 0.3 is 0 Å². The van der Waals surface area contributed by atoms with Gasteiger partial charge in [-0.25, -0.2) is 4.98 Å². The number of Topliss-reactive ketones (excluding diaryl/α,β-unsaturated/α-hetero) is 1. The number of ketones is 1. The maximum atomic E-state index is 12.7. The first-order valence-corrected chi connectivity index (χ1v) is 8.81. The Kier molecular flexibility index (Phi) is 4.27. The smallest absolute Gasteiger partial charge is 0.271 e. The molecule has 1 aliphatic rings. The highest BCUT2D eigenvalue weighted by Gasteiger charge is 2.15. The Labute approximate surface area is 154 Å². The van der Waals surface area contributed by atoms with E-state index in [4.69, 9.17) is 0 Å². The molecule has 27 heavy (non-hydrogen) atoms. The number of hydrogen-bond acceptors (Lipinski definition) is 5. The van der Waals surface area contributed by atoms with Crippen molar-refractivity contribution in [2.75, 3.05) is 0 Å². The van der Waals surface area contributed by atoms with Crippen LogP contribution in [-0.2, 0) is 19.4 Å². The molecular weight excluding hydrogens is 346 g/mol. The number of nitrogens with zero attached hydrogens (tertiary/aromatic N) is 3. The fraction of sp³-hybridized carbons (Fsp3) is 0.250. The van der Waals surface area contributed by atoms with Gasteiger partial charge in [-0.1, -0.05) is 12.1 Å². The molecule has 0 saturated carbocycles. The molecular formula is C20H17N3O4. The second-order valence-corrected chi connectivity index (χ2v) is 6.75. The van der Waals surface area contributed by atoms with E-state index in [0.29, 0.717) is 5.56 Å². The molecule has 0 bridgehead atoms. The van der Waals surface area contributed by atoms with Crippen LogP contribution in [0.2, 0.25) is 0 Å². The minimum atomic E-state index is -0.535. The highest BCUT2D eigenvalue weighted by atomic mass is 16.6. The first-order valence-electron chi connectivity index (χ1n) is 8.81. The zero-order valence-corrected chi connectivity index (χ0v) is 14.6. The van der Waals surface area contributed by atoms with E-state index in [-0.39, 0.29) is 34.5 Å². The highest BCUT2D eigenvalue weighted by molar-refractivity contribution is 5.96. The van der Waals surface area contributed by atoms with Gasteiger partial charge in [-0.2, -0.15) is 0 Å². The molecule has 1 aliphatic carbocycles. The lowest BCUT2D eigenvalue weighted by Crippen LogP contribution is -2.25.